The van der Waals surface area contributed by atoms with Crippen molar-refractivity contribution >= 4 is 17.5 Å². The molecule has 1 N–H and O–H groups in total. The van der Waals surface area contributed by atoms with Crippen molar-refractivity contribution in [1.29, 1.82) is 0 Å². The van der Waals surface area contributed by atoms with Crippen molar-refractivity contribution in [2.45, 2.75) is 13.5 Å². The van der Waals surface area contributed by atoms with Crippen LogP contribution in [0.2, 0.25) is 0 Å². The maximum Gasteiger partial charge on any atom is 0.238 e. The summed E-state index contributed by atoms with van der Waals surface area (Å²) in [5.74, 6) is -1.78. The van der Waals surface area contributed by atoms with Crippen LogP contribution in [0.15, 0.2) is 42.5 Å². The number of halogens is 2. The van der Waals surface area contributed by atoms with E-state index >= 15 is 0 Å². The fraction of sp³-hybridized carbons (Fsp3) is 0.333. The molecule has 0 radical (unpaired) electrons. The molecule has 2 aromatic rings. The summed E-state index contributed by atoms with van der Waals surface area (Å²) in [4.78, 5) is 27.8. The highest BCUT2D eigenvalue weighted by Gasteiger charge is 2.18. The van der Waals surface area contributed by atoms with E-state index in [1.165, 1.54) is 6.07 Å². The third kappa shape index (κ3) is 6.53. The summed E-state index contributed by atoms with van der Waals surface area (Å²) in [7, 11) is 3.25. The number of amides is 2. The molecule has 6 nitrogen and oxygen atoms in total. The Morgan fingerprint density at radius 2 is 1.72 bits per heavy atom. The number of carbonyl (C=O) groups is 2. The van der Waals surface area contributed by atoms with E-state index in [1.54, 1.807) is 30.9 Å². The highest BCUT2D eigenvalue weighted by molar-refractivity contribution is 5.92. The Hall–Kier alpha value is -3.00. The van der Waals surface area contributed by atoms with Crippen LogP contribution in [0, 0.1) is 11.6 Å². The molecule has 0 aliphatic rings. The van der Waals surface area contributed by atoms with Crippen LogP contribution in [0.4, 0.5) is 14.5 Å². The van der Waals surface area contributed by atoms with Crippen LogP contribution in [0.25, 0.3) is 0 Å². The number of nitrogens with one attached hydrogen (secondary N) is 1. The van der Waals surface area contributed by atoms with E-state index in [9.17, 15) is 18.4 Å². The van der Waals surface area contributed by atoms with Gasteiger partial charge in [-0.3, -0.25) is 14.5 Å². The lowest BCUT2D eigenvalue weighted by Gasteiger charge is -2.24. The number of likely N-dealkylation sites (N-methyl/N-ethyl adjacent to an activating group) is 2. The van der Waals surface area contributed by atoms with Gasteiger partial charge >= 0.3 is 0 Å². The van der Waals surface area contributed by atoms with Gasteiger partial charge in [-0.15, -0.1) is 0 Å². The van der Waals surface area contributed by atoms with Gasteiger partial charge in [0, 0.05) is 13.6 Å². The van der Waals surface area contributed by atoms with Gasteiger partial charge in [-0.25, -0.2) is 8.78 Å². The maximum absolute atomic E-state index is 13.7. The Balaban J connectivity index is 1.92. The largest absolute Gasteiger partial charge is 0.497 e. The van der Waals surface area contributed by atoms with Gasteiger partial charge in [-0.05, 0) is 36.4 Å². The topological polar surface area (TPSA) is 61.9 Å². The van der Waals surface area contributed by atoms with Crippen LogP contribution < -0.4 is 10.1 Å². The smallest absolute Gasteiger partial charge is 0.238 e. The first kappa shape index (κ1) is 22.3. The molecule has 0 saturated carbocycles. The van der Waals surface area contributed by atoms with Gasteiger partial charge in [0.2, 0.25) is 11.8 Å². The average molecular weight is 405 g/mol. The Labute approximate surface area is 169 Å². The van der Waals surface area contributed by atoms with Crippen molar-refractivity contribution < 1.29 is 23.1 Å². The van der Waals surface area contributed by atoms with E-state index in [2.05, 4.69) is 5.32 Å². The highest BCUT2D eigenvalue weighted by atomic mass is 19.1. The Morgan fingerprint density at radius 1 is 1.07 bits per heavy atom. The summed E-state index contributed by atoms with van der Waals surface area (Å²) in [6.07, 6.45) is 0. The van der Waals surface area contributed by atoms with E-state index < -0.39 is 23.2 Å². The summed E-state index contributed by atoms with van der Waals surface area (Å²) < 4.78 is 32.5. The number of anilines is 1. The first-order valence-electron chi connectivity index (χ1n) is 9.17. The van der Waals surface area contributed by atoms with Crippen LogP contribution in [-0.4, -0.2) is 55.4 Å². The number of hydrogen-bond acceptors (Lipinski definition) is 4. The second kappa shape index (κ2) is 10.5. The number of hydrogen-bond donors (Lipinski definition) is 1. The first-order valence-corrected chi connectivity index (χ1v) is 9.17. The van der Waals surface area contributed by atoms with E-state index in [0.717, 1.165) is 17.7 Å². The van der Waals surface area contributed by atoms with Gasteiger partial charge in [-0.1, -0.05) is 25.1 Å². The fourth-order valence-corrected chi connectivity index (χ4v) is 2.72. The van der Waals surface area contributed by atoms with Crippen molar-refractivity contribution in [3.8, 4) is 5.75 Å². The van der Waals surface area contributed by atoms with Crippen molar-refractivity contribution in [1.82, 2.24) is 9.80 Å². The number of ether oxygens (including phenoxy) is 1. The standard InChI is InChI=1S/C21H25F2N3O3/c1-4-26(13-19(27)24-21-17(22)9-6-10-18(21)23)14-20(28)25(2)12-15-7-5-8-16(11-15)29-3/h5-11H,4,12-14H2,1-3H3,(H,24,27). The molecule has 0 heterocycles. The van der Waals surface area contributed by atoms with Crippen molar-refractivity contribution in [3.05, 3.63) is 59.7 Å². The first-order chi connectivity index (χ1) is 13.8. The monoisotopic (exact) mass is 405 g/mol. The van der Waals surface area contributed by atoms with Crippen LogP contribution in [0.3, 0.4) is 0 Å². The molecule has 0 spiro atoms. The number of carbonyl (C=O) groups excluding carboxylic acids is 2. The lowest BCUT2D eigenvalue weighted by Crippen LogP contribution is -2.41. The van der Waals surface area contributed by atoms with Crippen molar-refractivity contribution in [2.75, 3.05) is 39.1 Å². The number of benzene rings is 2. The van der Waals surface area contributed by atoms with Gasteiger partial charge < -0.3 is 15.0 Å². The molecule has 2 rings (SSSR count). The number of rotatable bonds is 9. The number of para-hydroxylation sites is 1. The maximum atomic E-state index is 13.7. The molecule has 2 amide bonds. The summed E-state index contributed by atoms with van der Waals surface area (Å²) in [5, 5.41) is 2.23. The zero-order valence-electron chi connectivity index (χ0n) is 16.7. The average Bonchev–Trinajstić information content (AvgIpc) is 2.70. The minimum absolute atomic E-state index is 0.00411. The van der Waals surface area contributed by atoms with Gasteiger partial charge in [0.05, 0.1) is 20.2 Å². The van der Waals surface area contributed by atoms with Gasteiger partial charge in [0.25, 0.3) is 0 Å². The van der Waals surface area contributed by atoms with E-state index in [-0.39, 0.29) is 19.0 Å². The third-order valence-corrected chi connectivity index (χ3v) is 4.38. The Bertz CT molecular complexity index is 841. The fourth-order valence-electron chi connectivity index (χ4n) is 2.72. The second-order valence-electron chi connectivity index (χ2n) is 6.55. The van der Waals surface area contributed by atoms with Crippen molar-refractivity contribution in [2.24, 2.45) is 0 Å². The minimum Gasteiger partial charge on any atom is -0.497 e. The number of nitrogens with zero attached hydrogens (tertiary/aromatic N) is 2. The third-order valence-electron chi connectivity index (χ3n) is 4.38. The van der Waals surface area contributed by atoms with Crippen LogP contribution >= 0.6 is 0 Å². The van der Waals surface area contributed by atoms with Crippen LogP contribution in [0.5, 0.6) is 5.75 Å². The van der Waals surface area contributed by atoms with Gasteiger partial charge in [0.15, 0.2) is 0 Å². The van der Waals surface area contributed by atoms with Gasteiger partial charge in [0.1, 0.15) is 23.1 Å². The zero-order chi connectivity index (χ0) is 21.4. The molecular formula is C21H25F2N3O3. The normalized spacial score (nSPS) is 10.7. The second-order valence-corrected chi connectivity index (χ2v) is 6.55. The predicted molar refractivity (Wildman–Crippen MR) is 107 cm³/mol. The van der Waals surface area contributed by atoms with Gasteiger partial charge in [-0.2, -0.15) is 0 Å². The molecule has 0 aliphatic heterocycles. The summed E-state index contributed by atoms with van der Waals surface area (Å²) in [6.45, 7) is 2.45. The summed E-state index contributed by atoms with van der Waals surface area (Å²) in [5.41, 5.74) is 0.422. The summed E-state index contributed by atoms with van der Waals surface area (Å²) in [6, 6.07) is 10.7. The van der Waals surface area contributed by atoms with Crippen LogP contribution in [-0.2, 0) is 16.1 Å². The highest BCUT2D eigenvalue weighted by Crippen LogP contribution is 2.18. The molecule has 8 heteroatoms. The Morgan fingerprint density at radius 3 is 2.34 bits per heavy atom. The molecule has 0 saturated heterocycles. The molecule has 0 fully saturated rings. The SMILES string of the molecule is CCN(CC(=O)Nc1c(F)cccc1F)CC(=O)N(C)Cc1cccc(OC)c1. The molecular weight excluding hydrogens is 380 g/mol. The zero-order valence-corrected chi connectivity index (χ0v) is 16.7. The molecule has 2 aromatic carbocycles. The van der Waals surface area contributed by atoms with E-state index in [1.807, 2.05) is 24.3 Å². The Kier molecular flexibility index (Phi) is 8.09. The molecule has 0 aromatic heterocycles. The predicted octanol–water partition coefficient (Wildman–Crippen LogP) is 2.89. The minimum atomic E-state index is -0.851. The quantitative estimate of drug-likeness (QED) is 0.697. The van der Waals surface area contributed by atoms with E-state index in [4.69, 9.17) is 4.74 Å². The van der Waals surface area contributed by atoms with E-state index in [0.29, 0.717) is 18.8 Å². The molecule has 156 valence electrons. The lowest BCUT2D eigenvalue weighted by molar-refractivity contribution is -0.132. The molecule has 0 bridgehead atoms. The summed E-state index contributed by atoms with van der Waals surface area (Å²) >= 11 is 0. The molecule has 0 atom stereocenters. The van der Waals surface area contributed by atoms with Crippen molar-refractivity contribution in [3.63, 3.8) is 0 Å². The number of methoxy groups -OCH3 is 1. The molecule has 29 heavy (non-hydrogen) atoms. The molecule has 0 aliphatic carbocycles. The molecule has 0 unspecified atom stereocenters. The van der Waals surface area contributed by atoms with Crippen LogP contribution in [0.1, 0.15) is 12.5 Å². The lowest BCUT2D eigenvalue weighted by atomic mass is 10.2.